The summed E-state index contributed by atoms with van der Waals surface area (Å²) in [5, 5.41) is 2.40. The number of para-hydroxylation sites is 1. The van der Waals surface area contributed by atoms with Crippen LogP contribution in [-0.4, -0.2) is 27.5 Å². The van der Waals surface area contributed by atoms with E-state index in [0.29, 0.717) is 31.1 Å². The molecule has 46 heavy (non-hydrogen) atoms. The molecular weight excluding hydrogens is 659 g/mol. The third-order valence-corrected chi connectivity index (χ3v) is 10.9. The molecule has 238 valence electrons. The number of nitrogens with one attached hydrogen (secondary N) is 1. The summed E-state index contributed by atoms with van der Waals surface area (Å²) in [5.74, 6) is -3.99. The van der Waals surface area contributed by atoms with Crippen LogP contribution in [0.25, 0.3) is 0 Å². The molecule has 13 heteroatoms. The largest absolute Gasteiger partial charge is 0.418 e. The van der Waals surface area contributed by atoms with Crippen molar-refractivity contribution >= 4 is 63.8 Å². The minimum Gasteiger partial charge on any atom is -0.325 e. The molecule has 6 rings (SSSR count). The standard InChI is InChI=1S/C33H27ClF3N3O4S2/c1-32(2,3)18-10-8-17(9-11-18)24-25-26(29(43)40(28(25)42)22-7-5-4-6-21(22)33(35,36)37)45-30-27(24)46-31(44)39(30)16-23(41)38-20-14-12-19(34)13-15-20/h4-15,24-26H,16H2,1-3H3,(H,38,41)/t24-,25?,26?/m1/s1. The van der Waals surface area contributed by atoms with Crippen LogP contribution in [0, 0.1) is 5.92 Å². The summed E-state index contributed by atoms with van der Waals surface area (Å²) in [7, 11) is 0. The lowest BCUT2D eigenvalue weighted by Crippen LogP contribution is -2.33. The zero-order valence-electron chi connectivity index (χ0n) is 24.7. The zero-order chi connectivity index (χ0) is 33.1. The molecule has 4 aromatic rings. The summed E-state index contributed by atoms with van der Waals surface area (Å²) in [6, 6.07) is 18.4. The van der Waals surface area contributed by atoms with Crippen molar-refractivity contribution in [2.45, 2.75) is 55.1 Å². The van der Waals surface area contributed by atoms with Crippen molar-refractivity contribution in [3.8, 4) is 0 Å². The Kier molecular flexibility index (Phi) is 8.19. The van der Waals surface area contributed by atoms with Crippen LogP contribution in [0.4, 0.5) is 24.5 Å². The fourth-order valence-corrected chi connectivity index (χ4v) is 8.73. The smallest absolute Gasteiger partial charge is 0.325 e. The highest BCUT2D eigenvalue weighted by Gasteiger charge is 2.57. The number of anilines is 2. The number of imide groups is 1. The molecule has 2 unspecified atom stereocenters. The van der Waals surface area contributed by atoms with Crippen LogP contribution < -0.4 is 15.1 Å². The van der Waals surface area contributed by atoms with E-state index >= 15 is 0 Å². The number of benzene rings is 3. The van der Waals surface area contributed by atoms with E-state index in [0.717, 1.165) is 40.8 Å². The van der Waals surface area contributed by atoms with Crippen LogP contribution in [0.2, 0.25) is 5.02 Å². The van der Waals surface area contributed by atoms with Gasteiger partial charge in [0.25, 0.3) is 0 Å². The summed E-state index contributed by atoms with van der Waals surface area (Å²) in [6.07, 6.45) is -4.81. The number of halogens is 4. The van der Waals surface area contributed by atoms with Crippen LogP contribution >= 0.6 is 34.7 Å². The van der Waals surface area contributed by atoms with Crippen LogP contribution in [-0.2, 0) is 32.5 Å². The van der Waals surface area contributed by atoms with Crippen LogP contribution in [0.3, 0.4) is 0 Å². The Hall–Kier alpha value is -3.87. The Morgan fingerprint density at radius 1 is 0.913 bits per heavy atom. The van der Waals surface area contributed by atoms with Crippen molar-refractivity contribution in [1.29, 1.82) is 0 Å². The Balaban J connectivity index is 1.44. The molecule has 0 radical (unpaired) electrons. The Morgan fingerprint density at radius 3 is 2.20 bits per heavy atom. The Labute approximate surface area is 275 Å². The molecule has 1 saturated heterocycles. The average Bonchev–Trinajstić information content (AvgIpc) is 3.43. The van der Waals surface area contributed by atoms with E-state index < -0.39 is 57.1 Å². The van der Waals surface area contributed by atoms with Gasteiger partial charge in [0, 0.05) is 21.5 Å². The van der Waals surface area contributed by atoms with E-state index in [4.69, 9.17) is 11.6 Å². The highest BCUT2D eigenvalue weighted by Crippen LogP contribution is 2.54. The van der Waals surface area contributed by atoms with Gasteiger partial charge in [0.2, 0.25) is 17.7 Å². The maximum absolute atomic E-state index is 14.1. The highest BCUT2D eigenvalue weighted by molar-refractivity contribution is 8.00. The molecule has 7 nitrogen and oxygen atoms in total. The number of carbonyl (C=O) groups is 3. The van der Waals surface area contributed by atoms with Crippen LogP contribution in [0.5, 0.6) is 0 Å². The lowest BCUT2D eigenvalue weighted by atomic mass is 9.81. The van der Waals surface area contributed by atoms with Gasteiger partial charge in [-0.15, -0.1) is 0 Å². The summed E-state index contributed by atoms with van der Waals surface area (Å²) in [5.41, 5.74) is 0.291. The quantitative estimate of drug-likeness (QED) is 0.223. The first-order valence-corrected chi connectivity index (χ1v) is 16.3. The fraction of sp³-hybridized carbons (Fsp3) is 0.273. The molecule has 0 bridgehead atoms. The van der Waals surface area contributed by atoms with Gasteiger partial charge in [-0.2, -0.15) is 13.2 Å². The average molecular weight is 686 g/mol. The summed E-state index contributed by atoms with van der Waals surface area (Å²) in [6.45, 7) is 5.76. The second kappa shape index (κ2) is 11.7. The molecule has 0 aliphatic carbocycles. The number of aromatic nitrogens is 1. The fourth-order valence-electron chi connectivity index (χ4n) is 5.83. The van der Waals surface area contributed by atoms with Crippen molar-refractivity contribution in [1.82, 2.24) is 4.57 Å². The number of thiazole rings is 1. The maximum atomic E-state index is 14.1. The van der Waals surface area contributed by atoms with Crippen molar-refractivity contribution in [2.75, 3.05) is 10.2 Å². The predicted octanol–water partition coefficient (Wildman–Crippen LogP) is 7.31. The molecule has 0 spiro atoms. The first kappa shape index (κ1) is 32.1. The monoisotopic (exact) mass is 685 g/mol. The molecule has 1 aromatic heterocycles. The molecule has 3 atom stereocenters. The van der Waals surface area contributed by atoms with E-state index in [9.17, 15) is 32.3 Å². The first-order valence-electron chi connectivity index (χ1n) is 14.2. The minimum absolute atomic E-state index is 0.183. The van der Waals surface area contributed by atoms with Crippen molar-refractivity contribution < 1.29 is 27.6 Å². The van der Waals surface area contributed by atoms with E-state index in [-0.39, 0.29) is 12.0 Å². The summed E-state index contributed by atoms with van der Waals surface area (Å²) >= 11 is 7.74. The van der Waals surface area contributed by atoms with E-state index in [1.165, 1.54) is 16.7 Å². The van der Waals surface area contributed by atoms with E-state index in [1.807, 2.05) is 45.0 Å². The Bertz CT molecular complexity index is 1910. The molecule has 3 heterocycles. The van der Waals surface area contributed by atoms with Gasteiger partial charge in [-0.05, 0) is 52.9 Å². The van der Waals surface area contributed by atoms with Gasteiger partial charge in [0.15, 0.2) is 0 Å². The van der Waals surface area contributed by atoms with Gasteiger partial charge in [-0.1, -0.05) is 91.9 Å². The molecule has 2 aliphatic rings. The number of carbonyl (C=O) groups excluding carboxylic acids is 3. The Morgan fingerprint density at radius 2 is 1.57 bits per heavy atom. The number of nitrogens with zero attached hydrogens (tertiary/aromatic N) is 2. The third-order valence-electron chi connectivity index (χ3n) is 8.07. The lowest BCUT2D eigenvalue weighted by molar-refractivity contribution is -0.137. The van der Waals surface area contributed by atoms with Crippen LogP contribution in [0.15, 0.2) is 82.6 Å². The van der Waals surface area contributed by atoms with Gasteiger partial charge in [-0.3, -0.25) is 23.7 Å². The number of hydrogen-bond donors (Lipinski definition) is 1. The molecular formula is C33H27ClF3N3O4S2. The maximum Gasteiger partial charge on any atom is 0.418 e. The molecule has 1 N–H and O–H groups in total. The molecule has 0 saturated carbocycles. The van der Waals surface area contributed by atoms with Crippen molar-refractivity contribution in [3.05, 3.63) is 109 Å². The van der Waals surface area contributed by atoms with Gasteiger partial charge in [-0.25, -0.2) is 4.90 Å². The third kappa shape index (κ3) is 5.78. The molecule has 3 aromatic carbocycles. The number of fused-ring (bicyclic) bond motifs is 2. The SMILES string of the molecule is CC(C)(C)c1ccc([C@H]2c3sc(=O)n(CC(=O)Nc4ccc(Cl)cc4)c3SC3C(=O)N(c4ccccc4C(F)(F)F)C(=O)C32)cc1. The number of amides is 3. The van der Waals surface area contributed by atoms with Gasteiger partial charge in [0.1, 0.15) is 11.8 Å². The second-order valence-electron chi connectivity index (χ2n) is 12.1. The molecule has 1 fully saturated rings. The minimum atomic E-state index is -4.81. The topological polar surface area (TPSA) is 88.5 Å². The summed E-state index contributed by atoms with van der Waals surface area (Å²) < 4.78 is 43.3. The molecule has 2 aliphatic heterocycles. The van der Waals surface area contributed by atoms with Gasteiger partial charge < -0.3 is 5.32 Å². The highest BCUT2D eigenvalue weighted by atomic mass is 35.5. The van der Waals surface area contributed by atoms with Crippen LogP contribution in [0.1, 0.15) is 48.3 Å². The zero-order valence-corrected chi connectivity index (χ0v) is 27.1. The second-order valence-corrected chi connectivity index (χ2v) is 14.7. The lowest BCUT2D eigenvalue weighted by Gasteiger charge is -2.31. The van der Waals surface area contributed by atoms with Gasteiger partial charge in [0.05, 0.1) is 22.2 Å². The normalized spacial score (nSPS) is 19.6. The summed E-state index contributed by atoms with van der Waals surface area (Å²) in [4.78, 5) is 55.2. The number of hydrogen-bond acceptors (Lipinski definition) is 6. The van der Waals surface area contributed by atoms with Crippen molar-refractivity contribution in [3.63, 3.8) is 0 Å². The first-order chi connectivity index (χ1) is 21.6. The molecule has 3 amide bonds. The predicted molar refractivity (Wildman–Crippen MR) is 173 cm³/mol. The van der Waals surface area contributed by atoms with Crippen molar-refractivity contribution in [2.24, 2.45) is 5.92 Å². The number of rotatable bonds is 5. The number of alkyl halides is 3. The van der Waals surface area contributed by atoms with E-state index in [2.05, 4.69) is 5.32 Å². The number of thioether (sulfide) groups is 1. The van der Waals surface area contributed by atoms with Gasteiger partial charge >= 0.3 is 11.0 Å². The van der Waals surface area contributed by atoms with E-state index in [1.54, 1.807) is 24.3 Å².